The Kier molecular flexibility index (Phi) is 8.29. The van der Waals surface area contributed by atoms with Gasteiger partial charge in [-0.3, -0.25) is 9.80 Å². The van der Waals surface area contributed by atoms with Crippen molar-refractivity contribution in [1.29, 1.82) is 10.5 Å². The molecule has 0 amide bonds. The molecule has 0 fully saturated rings. The van der Waals surface area contributed by atoms with E-state index in [-0.39, 0.29) is 57.2 Å². The average Bonchev–Trinajstić information content (AvgIpc) is 3.24. The van der Waals surface area contributed by atoms with E-state index >= 15 is 0 Å². The summed E-state index contributed by atoms with van der Waals surface area (Å²) in [6, 6.07) is 38.3. The molecule has 9 rings (SSSR count). The van der Waals surface area contributed by atoms with E-state index in [1.807, 2.05) is 72.8 Å². The zero-order chi connectivity index (χ0) is 40.3. The fourth-order valence-corrected chi connectivity index (χ4v) is 7.09. The quantitative estimate of drug-likeness (QED) is 0.163. The van der Waals surface area contributed by atoms with Gasteiger partial charge in [-0.05, 0) is 47.2 Å². The third-order valence-electron chi connectivity index (χ3n) is 9.76. The normalized spacial score (nSPS) is 12.6. The van der Waals surface area contributed by atoms with Crippen LogP contribution in [0.4, 0.5) is 61.0 Å². The molecule has 2 aromatic heterocycles. The lowest BCUT2D eigenvalue weighted by molar-refractivity contribution is -0.138. The Labute approximate surface area is 325 Å². The molecule has 0 radical (unpaired) electrons. The Morgan fingerprint density at radius 1 is 0.414 bits per heavy atom. The highest BCUT2D eigenvalue weighted by Crippen LogP contribution is 2.54. The molecular formula is C44H22F6N8. The lowest BCUT2D eigenvalue weighted by Gasteiger charge is -2.38. The molecule has 0 unspecified atom stereocenters. The molecule has 0 aliphatic carbocycles. The Bertz CT molecular complexity index is 2810. The van der Waals surface area contributed by atoms with Crippen molar-refractivity contribution in [3.05, 3.63) is 156 Å². The minimum absolute atomic E-state index is 0.0425. The molecule has 0 atom stereocenters. The van der Waals surface area contributed by atoms with Gasteiger partial charge in [-0.15, -0.1) is 0 Å². The van der Waals surface area contributed by atoms with Crippen LogP contribution in [0.15, 0.2) is 133 Å². The van der Waals surface area contributed by atoms with Gasteiger partial charge < -0.3 is 0 Å². The van der Waals surface area contributed by atoms with Crippen molar-refractivity contribution in [3.63, 3.8) is 0 Å². The summed E-state index contributed by atoms with van der Waals surface area (Å²) in [4.78, 5) is 23.0. The summed E-state index contributed by atoms with van der Waals surface area (Å²) in [5.74, 6) is 0.375. The number of nitrogens with zero attached hydrogens (tertiary/aromatic N) is 8. The van der Waals surface area contributed by atoms with Crippen LogP contribution < -0.4 is 9.80 Å². The van der Waals surface area contributed by atoms with E-state index in [0.29, 0.717) is 11.4 Å². The first kappa shape index (κ1) is 35.8. The van der Waals surface area contributed by atoms with E-state index in [1.54, 1.807) is 34.1 Å². The van der Waals surface area contributed by atoms with Crippen LogP contribution in [-0.4, -0.2) is 19.9 Å². The molecule has 8 aromatic rings. The van der Waals surface area contributed by atoms with Crippen molar-refractivity contribution >= 4 is 56.2 Å². The number of rotatable bonds is 4. The molecule has 1 aliphatic heterocycles. The standard InChI is InChI=1S/C44H22F6N8/c45-43(46,47)29-19-15-27(16-20-29)37-38(28-17-21-30(22-18-28)44(48,49)50)56-42-41(55-37)57(35-13-5-9-25-7-1-3-11-31(25)35)39-40(54-34(24-52)33(23-51)53-39)58(42)36-14-6-10-26-8-2-4-12-32(26)36/h1-22H. The first-order chi connectivity index (χ1) is 27.9. The SMILES string of the molecule is N#Cc1nc2c(nc1C#N)N(c1cccc3ccccc13)c1nc(-c3ccc(C(F)(F)F)cc3)c(-c3ccc(C(F)(F)F)cc3)nc1N2c1cccc2ccccc12. The maximum absolute atomic E-state index is 13.8. The molecule has 0 saturated heterocycles. The summed E-state index contributed by atoms with van der Waals surface area (Å²) in [5, 5.41) is 23.5. The minimum Gasteiger partial charge on any atom is -0.272 e. The molecule has 0 spiro atoms. The van der Waals surface area contributed by atoms with Crippen LogP contribution in [-0.2, 0) is 12.4 Å². The van der Waals surface area contributed by atoms with Crippen molar-refractivity contribution in [2.75, 3.05) is 9.80 Å². The zero-order valence-electron chi connectivity index (χ0n) is 29.5. The van der Waals surface area contributed by atoms with Crippen LogP contribution in [0.2, 0.25) is 0 Å². The van der Waals surface area contributed by atoms with Gasteiger partial charge in [-0.1, -0.05) is 97.1 Å². The number of benzene rings is 6. The second-order valence-corrected chi connectivity index (χ2v) is 13.2. The molecule has 280 valence electrons. The van der Waals surface area contributed by atoms with Crippen LogP contribution in [0.25, 0.3) is 44.1 Å². The molecule has 0 saturated carbocycles. The maximum Gasteiger partial charge on any atom is 0.416 e. The smallest absolute Gasteiger partial charge is 0.272 e. The summed E-state index contributed by atoms with van der Waals surface area (Å²) in [7, 11) is 0. The fraction of sp³-hybridized carbons (Fsp3) is 0.0455. The second kappa shape index (κ2) is 13.4. The van der Waals surface area contributed by atoms with Gasteiger partial charge in [-0.2, -0.15) is 36.9 Å². The Morgan fingerprint density at radius 3 is 1.12 bits per heavy atom. The number of halogens is 6. The summed E-state index contributed by atoms with van der Waals surface area (Å²) < 4.78 is 82.7. The number of aromatic nitrogens is 4. The number of fused-ring (bicyclic) bond motifs is 4. The number of anilines is 6. The minimum atomic E-state index is -4.65. The molecule has 8 nitrogen and oxygen atoms in total. The Hall–Kier alpha value is -7.84. The Balaban J connectivity index is 1.43. The van der Waals surface area contributed by atoms with E-state index in [0.717, 1.165) is 45.8 Å². The van der Waals surface area contributed by atoms with Crippen molar-refractivity contribution in [2.45, 2.75) is 12.4 Å². The summed E-state index contributed by atoms with van der Waals surface area (Å²) >= 11 is 0. The van der Waals surface area contributed by atoms with Crippen molar-refractivity contribution in [2.24, 2.45) is 0 Å². The lowest BCUT2D eigenvalue weighted by atomic mass is 10.0. The zero-order valence-corrected chi connectivity index (χ0v) is 29.5. The van der Waals surface area contributed by atoms with Gasteiger partial charge >= 0.3 is 12.4 Å². The van der Waals surface area contributed by atoms with Crippen molar-refractivity contribution < 1.29 is 26.3 Å². The predicted molar refractivity (Wildman–Crippen MR) is 206 cm³/mol. The monoisotopic (exact) mass is 776 g/mol. The predicted octanol–water partition coefficient (Wildman–Crippen LogP) is 11.9. The second-order valence-electron chi connectivity index (χ2n) is 13.2. The number of alkyl halides is 6. The van der Waals surface area contributed by atoms with Gasteiger partial charge in [0.25, 0.3) is 0 Å². The van der Waals surface area contributed by atoms with Crippen molar-refractivity contribution in [1.82, 2.24) is 19.9 Å². The van der Waals surface area contributed by atoms with Crippen LogP contribution in [0.1, 0.15) is 22.5 Å². The third-order valence-corrected chi connectivity index (χ3v) is 9.76. The molecule has 3 heterocycles. The number of hydrogen-bond donors (Lipinski definition) is 0. The van der Waals surface area contributed by atoms with Crippen LogP contribution in [0.3, 0.4) is 0 Å². The highest BCUT2D eigenvalue weighted by Gasteiger charge is 2.40. The first-order valence-corrected chi connectivity index (χ1v) is 17.5. The van der Waals surface area contributed by atoms with E-state index in [1.165, 1.54) is 24.3 Å². The van der Waals surface area contributed by atoms with Gasteiger partial charge in [0, 0.05) is 21.9 Å². The van der Waals surface area contributed by atoms with E-state index in [9.17, 15) is 36.9 Å². The van der Waals surface area contributed by atoms with Gasteiger partial charge in [0.05, 0.1) is 33.9 Å². The summed E-state index contributed by atoms with van der Waals surface area (Å²) in [6.45, 7) is 0. The highest BCUT2D eigenvalue weighted by atomic mass is 19.4. The van der Waals surface area contributed by atoms with Crippen LogP contribution in [0, 0.1) is 22.7 Å². The summed E-state index contributed by atoms with van der Waals surface area (Å²) in [5.41, 5.74) is -0.910. The molecular weight excluding hydrogens is 755 g/mol. The van der Waals surface area contributed by atoms with Gasteiger partial charge in [0.2, 0.25) is 0 Å². The first-order valence-electron chi connectivity index (χ1n) is 17.5. The fourth-order valence-electron chi connectivity index (χ4n) is 7.09. The van der Waals surface area contributed by atoms with Crippen molar-refractivity contribution in [3.8, 4) is 34.7 Å². The number of nitriles is 2. The highest BCUT2D eigenvalue weighted by molar-refractivity contribution is 6.08. The molecule has 6 aromatic carbocycles. The Morgan fingerprint density at radius 2 is 0.759 bits per heavy atom. The summed E-state index contributed by atoms with van der Waals surface area (Å²) in [6.07, 6.45) is -9.30. The third kappa shape index (κ3) is 5.95. The van der Waals surface area contributed by atoms with E-state index < -0.39 is 23.5 Å². The lowest BCUT2D eigenvalue weighted by Crippen LogP contribution is -2.29. The van der Waals surface area contributed by atoms with Crippen LogP contribution in [0.5, 0.6) is 0 Å². The molecule has 58 heavy (non-hydrogen) atoms. The largest absolute Gasteiger partial charge is 0.416 e. The van der Waals surface area contributed by atoms with Gasteiger partial charge in [0.15, 0.2) is 34.7 Å². The topological polar surface area (TPSA) is 106 Å². The number of hydrogen-bond acceptors (Lipinski definition) is 8. The van der Waals surface area contributed by atoms with E-state index in [4.69, 9.17) is 19.9 Å². The molecule has 0 N–H and O–H groups in total. The average molecular weight is 777 g/mol. The van der Waals surface area contributed by atoms with E-state index in [2.05, 4.69) is 0 Å². The molecule has 14 heteroatoms. The van der Waals surface area contributed by atoms with Gasteiger partial charge in [0.1, 0.15) is 12.1 Å². The van der Waals surface area contributed by atoms with Gasteiger partial charge in [-0.25, -0.2) is 19.9 Å². The molecule has 0 bridgehead atoms. The molecule has 1 aliphatic rings. The maximum atomic E-state index is 13.8. The van der Waals surface area contributed by atoms with Crippen LogP contribution >= 0.6 is 0 Å².